The molecular formula is C37H52BrN3O7. The molecule has 1 unspecified atom stereocenters. The molecule has 0 saturated carbocycles. The number of allylic oxidation sites excluding steroid dienone is 1. The van der Waals surface area contributed by atoms with Crippen LogP contribution in [0.3, 0.4) is 0 Å². The molecular weight excluding hydrogens is 678 g/mol. The molecule has 4 rings (SSSR count). The first-order valence-electron chi connectivity index (χ1n) is 17.3. The molecule has 1 aromatic carbocycles. The quantitative estimate of drug-likeness (QED) is 0.0941. The Morgan fingerprint density at radius 3 is 2.54 bits per heavy atom. The highest BCUT2D eigenvalue weighted by molar-refractivity contribution is 9.09. The summed E-state index contributed by atoms with van der Waals surface area (Å²) < 4.78 is 13.0. The van der Waals surface area contributed by atoms with Crippen LogP contribution in [-0.2, 0) is 28.7 Å². The molecule has 3 heterocycles. The zero-order chi connectivity index (χ0) is 35.0. The SMILES string of the molecule is C=CCCC(=O)N(C)[C@@H](C)[C@@H](OC(=O)[C@@H]1[C@H]2O[C@@]3(CC2Br)[C@H](C(=O)N(CC=C)CCCC)N(CCCCCO)C(=O)[C@@H]13)c1ccccc1. The standard InChI is InChI=1S/C37H52BrN3O7/c1-6-9-19-28(43)39(5)25(4)31(26-17-13-11-14-18-26)47-36(46)29-30-34(44)41(22-15-12-16-23-42)33(37(30)24-27(38)32(29)48-37)35(45)40(20-8-3)21-10-7-2/h6,8,11,13-14,17-18,25,27,29-33,42H,1,3,7,9-10,12,15-16,19-24H2,2,4-5H3/t25-,27?,29-,30+,31+,32-,33-,37+/m0/s1. The summed E-state index contributed by atoms with van der Waals surface area (Å²) in [6.45, 7) is 12.7. The van der Waals surface area contributed by atoms with E-state index in [2.05, 4.69) is 36.0 Å². The fraction of sp³-hybridized carbons (Fsp3) is 0.622. The van der Waals surface area contributed by atoms with Crippen LogP contribution in [0.1, 0.15) is 76.9 Å². The van der Waals surface area contributed by atoms with Crippen molar-refractivity contribution in [1.82, 2.24) is 14.7 Å². The van der Waals surface area contributed by atoms with Crippen molar-refractivity contribution in [3.63, 3.8) is 0 Å². The molecule has 0 radical (unpaired) electrons. The Balaban J connectivity index is 1.69. The molecule has 1 N–H and O–H groups in total. The van der Waals surface area contributed by atoms with Crippen molar-refractivity contribution in [1.29, 1.82) is 0 Å². The van der Waals surface area contributed by atoms with Gasteiger partial charge in [0.1, 0.15) is 17.7 Å². The minimum Gasteiger partial charge on any atom is -0.455 e. The molecule has 3 fully saturated rings. The van der Waals surface area contributed by atoms with E-state index in [4.69, 9.17) is 9.47 Å². The molecule has 3 aliphatic heterocycles. The summed E-state index contributed by atoms with van der Waals surface area (Å²) in [5.41, 5.74) is -0.479. The van der Waals surface area contributed by atoms with Gasteiger partial charge in [0.25, 0.3) is 0 Å². The number of carbonyl (C=O) groups is 4. The number of hydrogen-bond donors (Lipinski definition) is 1. The van der Waals surface area contributed by atoms with Gasteiger partial charge < -0.3 is 29.3 Å². The van der Waals surface area contributed by atoms with Crippen LogP contribution in [0.2, 0.25) is 0 Å². The van der Waals surface area contributed by atoms with E-state index in [-0.39, 0.29) is 35.6 Å². The smallest absolute Gasteiger partial charge is 0.313 e. The molecule has 48 heavy (non-hydrogen) atoms. The first kappa shape index (κ1) is 37.8. The van der Waals surface area contributed by atoms with Gasteiger partial charge in [0, 0.05) is 44.5 Å². The number of ether oxygens (including phenoxy) is 2. The number of unbranched alkanes of at least 4 members (excludes halogenated alkanes) is 3. The van der Waals surface area contributed by atoms with Gasteiger partial charge in [-0.25, -0.2) is 0 Å². The molecule has 1 spiro atoms. The van der Waals surface area contributed by atoms with Crippen molar-refractivity contribution in [2.75, 3.05) is 33.3 Å². The van der Waals surface area contributed by atoms with E-state index >= 15 is 0 Å². The Kier molecular flexibility index (Phi) is 13.4. The summed E-state index contributed by atoms with van der Waals surface area (Å²) >= 11 is 3.75. The maximum Gasteiger partial charge on any atom is 0.313 e. The minimum absolute atomic E-state index is 0.0486. The number of benzene rings is 1. The number of likely N-dealkylation sites (N-methyl/N-ethyl adjacent to an activating group) is 1. The third-order valence-corrected chi connectivity index (χ3v) is 11.0. The molecule has 0 aliphatic carbocycles. The number of aliphatic hydroxyl groups is 1. The third kappa shape index (κ3) is 7.58. The first-order valence-corrected chi connectivity index (χ1v) is 18.2. The average molecular weight is 731 g/mol. The maximum atomic E-state index is 14.5. The molecule has 3 aliphatic rings. The predicted molar refractivity (Wildman–Crippen MR) is 187 cm³/mol. The molecule has 0 aromatic heterocycles. The monoisotopic (exact) mass is 729 g/mol. The van der Waals surface area contributed by atoms with Gasteiger partial charge in [-0.05, 0) is 51.0 Å². The van der Waals surface area contributed by atoms with Crippen LogP contribution in [-0.4, -0.2) is 105 Å². The highest BCUT2D eigenvalue weighted by atomic mass is 79.9. The summed E-state index contributed by atoms with van der Waals surface area (Å²) in [5, 5.41) is 9.35. The number of hydrogen-bond acceptors (Lipinski definition) is 7. The number of likely N-dealkylation sites (tertiary alicyclic amines) is 1. The van der Waals surface area contributed by atoms with Gasteiger partial charge in [-0.1, -0.05) is 71.8 Å². The van der Waals surface area contributed by atoms with Crippen molar-refractivity contribution in [3.05, 3.63) is 61.2 Å². The highest BCUT2D eigenvalue weighted by Crippen LogP contribution is 2.60. The van der Waals surface area contributed by atoms with E-state index in [0.29, 0.717) is 51.7 Å². The van der Waals surface area contributed by atoms with E-state index in [1.54, 1.807) is 33.9 Å². The van der Waals surface area contributed by atoms with Crippen molar-refractivity contribution >= 4 is 39.6 Å². The van der Waals surface area contributed by atoms with Gasteiger partial charge in [0.15, 0.2) is 0 Å². The Labute approximate surface area is 293 Å². The van der Waals surface area contributed by atoms with E-state index in [9.17, 15) is 24.3 Å². The number of fused-ring (bicyclic) bond motifs is 1. The van der Waals surface area contributed by atoms with Crippen LogP contribution < -0.4 is 0 Å². The van der Waals surface area contributed by atoms with Crippen LogP contribution >= 0.6 is 15.9 Å². The van der Waals surface area contributed by atoms with Gasteiger partial charge >= 0.3 is 5.97 Å². The lowest BCUT2D eigenvalue weighted by Crippen LogP contribution is -2.57. The first-order chi connectivity index (χ1) is 23.1. The van der Waals surface area contributed by atoms with Crippen molar-refractivity contribution < 1.29 is 33.8 Å². The maximum absolute atomic E-state index is 14.5. The van der Waals surface area contributed by atoms with E-state index in [1.807, 2.05) is 37.3 Å². The van der Waals surface area contributed by atoms with E-state index < -0.39 is 47.7 Å². The lowest BCUT2D eigenvalue weighted by molar-refractivity contribution is -0.164. The van der Waals surface area contributed by atoms with E-state index in [0.717, 1.165) is 18.4 Å². The minimum atomic E-state index is -1.20. The fourth-order valence-electron chi connectivity index (χ4n) is 7.58. The number of carbonyl (C=O) groups excluding carboxylic acids is 4. The molecule has 2 bridgehead atoms. The van der Waals surface area contributed by atoms with Crippen LogP contribution in [0, 0.1) is 11.8 Å². The Morgan fingerprint density at radius 1 is 1.17 bits per heavy atom. The van der Waals surface area contributed by atoms with Crippen molar-refractivity contribution in [2.45, 2.75) is 99.9 Å². The predicted octanol–water partition coefficient (Wildman–Crippen LogP) is 4.81. The number of halogens is 1. The second kappa shape index (κ2) is 17.1. The number of esters is 1. The molecule has 1 aromatic rings. The van der Waals surface area contributed by atoms with E-state index in [1.165, 1.54) is 0 Å². The van der Waals surface area contributed by atoms with Gasteiger partial charge in [-0.2, -0.15) is 0 Å². The fourth-order valence-corrected chi connectivity index (χ4v) is 8.52. The largest absolute Gasteiger partial charge is 0.455 e. The number of nitrogens with zero attached hydrogens (tertiary/aromatic N) is 3. The topological polar surface area (TPSA) is 117 Å². The van der Waals surface area contributed by atoms with Gasteiger partial charge in [0.2, 0.25) is 17.7 Å². The molecule has 3 saturated heterocycles. The zero-order valence-electron chi connectivity index (χ0n) is 28.6. The number of rotatable bonds is 19. The normalized spacial score (nSPS) is 26.9. The van der Waals surface area contributed by atoms with Crippen LogP contribution in [0.15, 0.2) is 55.6 Å². The number of amides is 3. The average Bonchev–Trinajstić information content (AvgIpc) is 3.68. The molecule has 3 amide bonds. The number of aliphatic hydroxyl groups excluding tert-OH is 1. The lowest BCUT2D eigenvalue weighted by atomic mass is 9.70. The lowest BCUT2D eigenvalue weighted by Gasteiger charge is -2.37. The summed E-state index contributed by atoms with van der Waals surface area (Å²) in [7, 11) is 1.70. The Morgan fingerprint density at radius 2 is 1.90 bits per heavy atom. The molecule has 10 nitrogen and oxygen atoms in total. The molecule has 8 atom stereocenters. The summed E-state index contributed by atoms with van der Waals surface area (Å²) in [6.07, 6.45) is 6.72. The number of alkyl halides is 1. The highest BCUT2D eigenvalue weighted by Gasteiger charge is 2.77. The van der Waals surface area contributed by atoms with Crippen molar-refractivity contribution in [2.24, 2.45) is 11.8 Å². The van der Waals surface area contributed by atoms with Crippen LogP contribution in [0.5, 0.6) is 0 Å². The Hall–Kier alpha value is -3.02. The Bertz CT molecular complexity index is 1310. The molecule has 11 heteroatoms. The van der Waals surface area contributed by atoms with Gasteiger partial charge in [-0.15, -0.1) is 13.2 Å². The van der Waals surface area contributed by atoms with Gasteiger partial charge in [-0.3, -0.25) is 19.2 Å². The van der Waals surface area contributed by atoms with Crippen LogP contribution in [0.25, 0.3) is 0 Å². The summed E-state index contributed by atoms with van der Waals surface area (Å²) in [5.74, 6) is -3.01. The summed E-state index contributed by atoms with van der Waals surface area (Å²) in [6, 6.07) is 7.88. The third-order valence-electron chi connectivity index (χ3n) is 10.2. The molecule has 264 valence electrons. The van der Waals surface area contributed by atoms with Gasteiger partial charge in [0.05, 0.1) is 24.0 Å². The zero-order valence-corrected chi connectivity index (χ0v) is 30.2. The second-order valence-electron chi connectivity index (χ2n) is 13.2. The summed E-state index contributed by atoms with van der Waals surface area (Å²) in [4.78, 5) is 61.0. The second-order valence-corrected chi connectivity index (χ2v) is 14.4. The van der Waals surface area contributed by atoms with Crippen LogP contribution in [0.4, 0.5) is 0 Å². The van der Waals surface area contributed by atoms with Crippen molar-refractivity contribution in [3.8, 4) is 0 Å².